The molecule has 1 unspecified atom stereocenters. The SMILES string of the molecule is COc1cc(C)c(NC(=O)NC(c2cccs2)C(C)C)cc1OC. The molecule has 5 nitrogen and oxygen atoms in total. The molecule has 0 bridgehead atoms. The third-order valence-electron chi connectivity index (χ3n) is 3.78. The van der Waals surface area contributed by atoms with Gasteiger partial charge in [-0.2, -0.15) is 0 Å². The fourth-order valence-electron chi connectivity index (χ4n) is 2.45. The maximum Gasteiger partial charge on any atom is 0.319 e. The van der Waals surface area contributed by atoms with Gasteiger partial charge in [0.05, 0.1) is 20.3 Å². The zero-order valence-electron chi connectivity index (χ0n) is 14.7. The third kappa shape index (κ3) is 4.20. The number of amides is 2. The summed E-state index contributed by atoms with van der Waals surface area (Å²) in [4.78, 5) is 13.6. The molecule has 0 spiro atoms. The second-order valence-electron chi connectivity index (χ2n) is 5.86. The van der Waals surface area contributed by atoms with Gasteiger partial charge in [0.1, 0.15) is 0 Å². The average molecular weight is 348 g/mol. The molecule has 0 radical (unpaired) electrons. The van der Waals surface area contributed by atoms with Crippen molar-refractivity contribution in [2.45, 2.75) is 26.8 Å². The number of aryl methyl sites for hydroxylation is 1. The molecule has 1 aromatic heterocycles. The van der Waals surface area contributed by atoms with Gasteiger partial charge in [-0.25, -0.2) is 4.79 Å². The highest BCUT2D eigenvalue weighted by Crippen LogP contribution is 2.33. The summed E-state index contributed by atoms with van der Waals surface area (Å²) in [5, 5.41) is 7.97. The molecule has 2 N–H and O–H groups in total. The maximum absolute atomic E-state index is 12.4. The molecular weight excluding hydrogens is 324 g/mol. The normalized spacial score (nSPS) is 11.9. The van der Waals surface area contributed by atoms with E-state index in [1.54, 1.807) is 31.6 Å². The van der Waals surface area contributed by atoms with E-state index < -0.39 is 0 Å². The van der Waals surface area contributed by atoms with Crippen LogP contribution in [0.1, 0.15) is 30.3 Å². The van der Waals surface area contributed by atoms with Gasteiger partial charge in [-0.3, -0.25) is 0 Å². The van der Waals surface area contributed by atoms with E-state index in [2.05, 4.69) is 24.5 Å². The molecule has 2 aromatic rings. The van der Waals surface area contributed by atoms with Crippen molar-refractivity contribution in [1.82, 2.24) is 5.32 Å². The molecule has 0 aliphatic carbocycles. The first-order valence-corrected chi connectivity index (χ1v) is 8.67. The summed E-state index contributed by atoms with van der Waals surface area (Å²) in [5.41, 5.74) is 1.60. The Morgan fingerprint density at radius 3 is 2.38 bits per heavy atom. The fourth-order valence-corrected chi connectivity index (χ4v) is 3.40. The molecule has 0 saturated heterocycles. The summed E-state index contributed by atoms with van der Waals surface area (Å²) < 4.78 is 10.6. The van der Waals surface area contributed by atoms with Gasteiger partial charge in [0.15, 0.2) is 11.5 Å². The summed E-state index contributed by atoms with van der Waals surface area (Å²) in [6, 6.07) is 7.38. The summed E-state index contributed by atoms with van der Waals surface area (Å²) in [6.07, 6.45) is 0. The van der Waals surface area contributed by atoms with Crippen LogP contribution in [0, 0.1) is 12.8 Å². The Bertz CT molecular complexity index is 684. The van der Waals surface area contributed by atoms with Crippen LogP contribution in [0.4, 0.5) is 10.5 Å². The Kier molecular flexibility index (Phi) is 6.09. The number of thiophene rings is 1. The molecular formula is C18H24N2O3S. The fraction of sp³-hybridized carbons (Fsp3) is 0.389. The molecule has 24 heavy (non-hydrogen) atoms. The van der Waals surface area contributed by atoms with E-state index in [1.165, 1.54) is 0 Å². The molecule has 1 atom stereocenters. The number of urea groups is 1. The van der Waals surface area contributed by atoms with Crippen LogP contribution in [0.5, 0.6) is 11.5 Å². The van der Waals surface area contributed by atoms with Crippen LogP contribution < -0.4 is 20.1 Å². The van der Waals surface area contributed by atoms with Crippen LogP contribution in [-0.4, -0.2) is 20.3 Å². The molecule has 0 aliphatic rings. The van der Waals surface area contributed by atoms with Crippen molar-refractivity contribution in [2.24, 2.45) is 5.92 Å². The quantitative estimate of drug-likeness (QED) is 0.802. The van der Waals surface area contributed by atoms with E-state index in [-0.39, 0.29) is 12.1 Å². The number of benzene rings is 1. The number of carbonyl (C=O) groups excluding carboxylic acids is 1. The van der Waals surface area contributed by atoms with E-state index in [4.69, 9.17) is 9.47 Å². The van der Waals surface area contributed by atoms with Gasteiger partial charge >= 0.3 is 6.03 Å². The summed E-state index contributed by atoms with van der Waals surface area (Å²) in [5.74, 6) is 1.51. The molecule has 2 amide bonds. The van der Waals surface area contributed by atoms with E-state index >= 15 is 0 Å². The number of hydrogen-bond acceptors (Lipinski definition) is 4. The second kappa shape index (κ2) is 8.06. The number of carbonyl (C=O) groups is 1. The molecule has 0 aliphatic heterocycles. The molecule has 1 aromatic carbocycles. The number of hydrogen-bond donors (Lipinski definition) is 2. The number of nitrogens with one attached hydrogen (secondary N) is 2. The van der Waals surface area contributed by atoms with Gasteiger partial charge < -0.3 is 20.1 Å². The van der Waals surface area contributed by atoms with Crippen molar-refractivity contribution in [3.05, 3.63) is 40.1 Å². The summed E-state index contributed by atoms with van der Waals surface area (Å²) in [6.45, 7) is 6.09. The minimum Gasteiger partial charge on any atom is -0.493 e. The van der Waals surface area contributed by atoms with Crippen molar-refractivity contribution in [3.63, 3.8) is 0 Å². The zero-order valence-corrected chi connectivity index (χ0v) is 15.5. The van der Waals surface area contributed by atoms with Crippen LogP contribution in [0.15, 0.2) is 29.6 Å². The Hall–Kier alpha value is -2.21. The van der Waals surface area contributed by atoms with Crippen molar-refractivity contribution in [1.29, 1.82) is 0 Å². The highest BCUT2D eigenvalue weighted by atomic mass is 32.1. The number of anilines is 1. The predicted molar refractivity (Wildman–Crippen MR) is 98.3 cm³/mol. The van der Waals surface area contributed by atoms with E-state index in [0.717, 1.165) is 10.4 Å². The minimum absolute atomic E-state index is 0.0227. The van der Waals surface area contributed by atoms with Crippen molar-refractivity contribution >= 4 is 23.1 Å². The van der Waals surface area contributed by atoms with Gasteiger partial charge in [0.2, 0.25) is 0 Å². The van der Waals surface area contributed by atoms with Crippen LogP contribution in [0.25, 0.3) is 0 Å². The van der Waals surface area contributed by atoms with Crippen molar-refractivity contribution in [2.75, 3.05) is 19.5 Å². The van der Waals surface area contributed by atoms with Gasteiger partial charge in [-0.1, -0.05) is 19.9 Å². The van der Waals surface area contributed by atoms with Crippen LogP contribution >= 0.6 is 11.3 Å². The largest absolute Gasteiger partial charge is 0.493 e. The average Bonchev–Trinajstić information content (AvgIpc) is 3.07. The zero-order chi connectivity index (χ0) is 17.7. The highest BCUT2D eigenvalue weighted by Gasteiger charge is 2.20. The summed E-state index contributed by atoms with van der Waals surface area (Å²) >= 11 is 1.64. The van der Waals surface area contributed by atoms with Gasteiger partial charge in [0.25, 0.3) is 0 Å². The Balaban J connectivity index is 2.14. The first-order valence-electron chi connectivity index (χ1n) is 7.79. The third-order valence-corrected chi connectivity index (χ3v) is 4.74. The molecule has 1 heterocycles. The minimum atomic E-state index is -0.239. The van der Waals surface area contributed by atoms with Gasteiger partial charge in [0, 0.05) is 16.6 Å². The van der Waals surface area contributed by atoms with Gasteiger partial charge in [-0.05, 0) is 35.9 Å². The first kappa shape index (κ1) is 18.1. The lowest BCUT2D eigenvalue weighted by atomic mass is 10.0. The lowest BCUT2D eigenvalue weighted by molar-refractivity contribution is 0.245. The molecule has 130 valence electrons. The van der Waals surface area contributed by atoms with Crippen molar-refractivity contribution < 1.29 is 14.3 Å². The molecule has 0 fully saturated rings. The first-order chi connectivity index (χ1) is 11.5. The lowest BCUT2D eigenvalue weighted by Crippen LogP contribution is -2.34. The predicted octanol–water partition coefficient (Wildman–Crippen LogP) is 4.59. The number of rotatable bonds is 6. The molecule has 6 heteroatoms. The molecule has 2 rings (SSSR count). The van der Waals surface area contributed by atoms with Crippen molar-refractivity contribution in [3.8, 4) is 11.5 Å². The van der Waals surface area contributed by atoms with E-state index in [1.807, 2.05) is 30.5 Å². The lowest BCUT2D eigenvalue weighted by Gasteiger charge is -2.22. The topological polar surface area (TPSA) is 59.6 Å². The molecule has 0 saturated carbocycles. The number of methoxy groups -OCH3 is 2. The van der Waals surface area contributed by atoms with Crippen LogP contribution in [0.2, 0.25) is 0 Å². The maximum atomic E-state index is 12.4. The highest BCUT2D eigenvalue weighted by molar-refractivity contribution is 7.10. The monoisotopic (exact) mass is 348 g/mol. The Morgan fingerprint density at radius 1 is 1.17 bits per heavy atom. The summed E-state index contributed by atoms with van der Waals surface area (Å²) in [7, 11) is 3.16. The second-order valence-corrected chi connectivity index (χ2v) is 6.84. The smallest absolute Gasteiger partial charge is 0.319 e. The standard InChI is InChI=1S/C18H24N2O3S/c1-11(2)17(16-7-6-8-24-16)20-18(21)19-13-10-15(23-5)14(22-4)9-12(13)3/h6-11,17H,1-5H3,(H2,19,20,21). The van der Waals surface area contributed by atoms with E-state index in [0.29, 0.717) is 23.1 Å². The van der Waals surface area contributed by atoms with Crippen LogP contribution in [-0.2, 0) is 0 Å². The number of ether oxygens (including phenoxy) is 2. The Labute approximate surface area is 147 Å². The Morgan fingerprint density at radius 2 is 1.83 bits per heavy atom. The van der Waals surface area contributed by atoms with Crippen LogP contribution in [0.3, 0.4) is 0 Å². The van der Waals surface area contributed by atoms with E-state index in [9.17, 15) is 4.79 Å². The van der Waals surface area contributed by atoms with Gasteiger partial charge in [-0.15, -0.1) is 11.3 Å².